The van der Waals surface area contributed by atoms with Gasteiger partial charge in [-0.1, -0.05) is 36.9 Å². The minimum Gasteiger partial charge on any atom is -0.383 e. The van der Waals surface area contributed by atoms with Crippen LogP contribution in [0.1, 0.15) is 45.3 Å². The lowest BCUT2D eigenvalue weighted by atomic mass is 10.1. The van der Waals surface area contributed by atoms with Crippen molar-refractivity contribution in [1.29, 1.82) is 0 Å². The normalized spacial score (nSPS) is 15.6. The van der Waals surface area contributed by atoms with E-state index in [0.29, 0.717) is 29.1 Å². The first kappa shape index (κ1) is 24.9. The molecular weight excluding hydrogens is 450 g/mol. The summed E-state index contributed by atoms with van der Waals surface area (Å²) in [6.45, 7) is 9.67. The lowest BCUT2D eigenvalue weighted by Gasteiger charge is -2.13. The lowest BCUT2D eigenvalue weighted by Crippen LogP contribution is -2.21. The van der Waals surface area contributed by atoms with Gasteiger partial charge in [-0.15, -0.1) is 0 Å². The van der Waals surface area contributed by atoms with Crippen LogP contribution in [0.2, 0.25) is 0 Å². The van der Waals surface area contributed by atoms with Gasteiger partial charge in [-0.2, -0.15) is 0 Å². The Kier molecular flexibility index (Phi) is 7.29. The van der Waals surface area contributed by atoms with Crippen LogP contribution in [0.15, 0.2) is 73.7 Å². The second-order valence-electron chi connectivity index (χ2n) is 9.34. The molecule has 7 nitrogen and oxygen atoms in total. The van der Waals surface area contributed by atoms with E-state index in [1.54, 1.807) is 30.6 Å². The molecular formula is C29H37N5O2. The summed E-state index contributed by atoms with van der Waals surface area (Å²) in [6, 6.07) is 9.29. The molecule has 0 spiro atoms. The molecule has 0 radical (unpaired) electrons. The Morgan fingerprint density at radius 1 is 1.14 bits per heavy atom. The van der Waals surface area contributed by atoms with Gasteiger partial charge in [0.25, 0.3) is 5.91 Å². The number of hydrogen-bond donors (Lipinski definition) is 2. The molecule has 2 N–H and O–H groups in total. The highest BCUT2D eigenvalue weighted by molar-refractivity contribution is 6.10. The van der Waals surface area contributed by atoms with Crippen molar-refractivity contribution in [2.45, 2.75) is 26.2 Å². The molecule has 2 aliphatic carbocycles. The van der Waals surface area contributed by atoms with Crippen LogP contribution in [0.5, 0.6) is 0 Å². The number of fused-ring (bicyclic) bond motifs is 1. The maximum absolute atomic E-state index is 13.2. The van der Waals surface area contributed by atoms with Crippen molar-refractivity contribution in [3.63, 3.8) is 0 Å². The molecule has 0 bridgehead atoms. The minimum absolute atomic E-state index is 0. The average Bonchev–Trinajstić information content (AvgIpc) is 3.40. The van der Waals surface area contributed by atoms with Crippen molar-refractivity contribution in [3.05, 3.63) is 90.7 Å². The van der Waals surface area contributed by atoms with E-state index in [4.69, 9.17) is 0 Å². The number of allylic oxidation sites excluding steroid dienone is 3. The average molecular weight is 488 g/mol. The lowest BCUT2D eigenvalue weighted by molar-refractivity contribution is -0.119. The van der Waals surface area contributed by atoms with Gasteiger partial charge in [-0.3, -0.25) is 19.6 Å². The highest BCUT2D eigenvalue weighted by Crippen LogP contribution is 2.31. The molecule has 36 heavy (non-hydrogen) atoms. The van der Waals surface area contributed by atoms with Gasteiger partial charge in [0.15, 0.2) is 0 Å². The van der Waals surface area contributed by atoms with Crippen molar-refractivity contribution < 1.29 is 13.9 Å². The highest BCUT2D eigenvalue weighted by atomic mass is 16.2. The van der Waals surface area contributed by atoms with E-state index in [2.05, 4.69) is 33.8 Å². The van der Waals surface area contributed by atoms with Crippen LogP contribution in [-0.2, 0) is 4.79 Å². The number of rotatable bonds is 7. The smallest absolute Gasteiger partial charge is 0.256 e. The van der Waals surface area contributed by atoms with Crippen LogP contribution in [0.4, 0.5) is 11.4 Å². The first-order valence-corrected chi connectivity index (χ1v) is 11.9. The first-order valence-electron chi connectivity index (χ1n) is 11.9. The Balaban J connectivity index is 0.00000253. The van der Waals surface area contributed by atoms with E-state index in [-0.39, 0.29) is 22.0 Å². The zero-order valence-electron chi connectivity index (χ0n) is 21.0. The number of anilines is 2. The molecule has 1 unspecified atom stereocenters. The van der Waals surface area contributed by atoms with E-state index < -0.39 is 0 Å². The molecule has 1 aromatic heterocycles. The third-order valence-electron chi connectivity index (χ3n) is 6.30. The summed E-state index contributed by atoms with van der Waals surface area (Å²) in [5, 5.41) is 5.88. The number of aryl methyl sites for hydroxylation is 1. The second kappa shape index (κ2) is 10.6. The van der Waals surface area contributed by atoms with Gasteiger partial charge in [0, 0.05) is 53.4 Å². The number of aromatic nitrogens is 2. The molecule has 1 saturated carbocycles. The highest BCUT2D eigenvalue weighted by Gasteiger charge is 2.25. The van der Waals surface area contributed by atoms with Gasteiger partial charge >= 0.3 is 0 Å². The third kappa shape index (κ3) is 5.51. The van der Waals surface area contributed by atoms with E-state index in [9.17, 15) is 9.59 Å². The van der Waals surface area contributed by atoms with Crippen molar-refractivity contribution in [2.75, 3.05) is 24.7 Å². The van der Waals surface area contributed by atoms with Gasteiger partial charge in [-0.25, -0.2) is 0 Å². The topological polar surface area (TPSA) is 87.2 Å². The molecule has 1 aromatic rings. The van der Waals surface area contributed by atoms with Crippen LogP contribution in [0, 0.1) is 12.8 Å². The number of nitrogens with zero attached hydrogens (tertiary/aromatic N) is 3. The fraction of sp³-hybridized carbons (Fsp3) is 0.241. The SMILES string of the molecule is C=C/C(=C\N(C)C)c1ccc2ccc(C(=O)Nc3cc(NC(=O)C4CCC(=C)C4)cnc3C)c-2cn1.[HH].[HH].[HH]. The van der Waals surface area contributed by atoms with E-state index >= 15 is 0 Å². The molecule has 0 saturated heterocycles. The summed E-state index contributed by atoms with van der Waals surface area (Å²) in [4.78, 5) is 36.8. The molecule has 2 amide bonds. The zero-order chi connectivity index (χ0) is 25.8. The fourth-order valence-corrected chi connectivity index (χ4v) is 4.33. The van der Waals surface area contributed by atoms with Crippen LogP contribution in [0.25, 0.3) is 16.7 Å². The molecule has 1 atom stereocenters. The Bertz CT molecular complexity index is 1360. The summed E-state index contributed by atoms with van der Waals surface area (Å²) < 4.78 is 0. The molecule has 2 heterocycles. The van der Waals surface area contributed by atoms with Gasteiger partial charge in [0.1, 0.15) is 0 Å². The quantitative estimate of drug-likeness (QED) is 0.303. The Morgan fingerprint density at radius 2 is 1.92 bits per heavy atom. The third-order valence-corrected chi connectivity index (χ3v) is 6.30. The van der Waals surface area contributed by atoms with Crippen LogP contribution >= 0.6 is 0 Å². The predicted molar refractivity (Wildman–Crippen MR) is 151 cm³/mol. The Labute approximate surface area is 216 Å². The number of nitrogens with one attached hydrogen (secondary N) is 2. The number of pyridine rings is 1. The first-order chi connectivity index (χ1) is 17.2. The largest absolute Gasteiger partial charge is 0.383 e. The summed E-state index contributed by atoms with van der Waals surface area (Å²) in [6.07, 6.45) is 9.42. The number of carbonyl (C=O) groups excluding carboxylic acids is 2. The molecule has 3 aliphatic rings. The van der Waals surface area contributed by atoms with Gasteiger partial charge in [-0.05, 0) is 49.9 Å². The van der Waals surface area contributed by atoms with Crippen molar-refractivity contribution in [1.82, 2.24) is 14.9 Å². The maximum Gasteiger partial charge on any atom is 0.256 e. The molecule has 1 aliphatic heterocycles. The Morgan fingerprint density at radius 3 is 2.61 bits per heavy atom. The molecule has 7 heteroatoms. The standard InChI is InChI=1S/C29H31N5O2.3H2/c1-6-20(17-34(4)5)26-12-10-21-9-11-24(25(21)16-31-26)29(36)33-27-14-23(15-30-19(27)3)32-28(35)22-8-7-18(2)13-22;;;/h6,9-12,14-17,22H,1-2,7-8,13H2,3-5H3,(H,32,35)(H,33,36);3*1H/b20-17+;;;. The predicted octanol–water partition coefficient (Wildman–Crippen LogP) is 6.26. The summed E-state index contributed by atoms with van der Waals surface area (Å²) >= 11 is 0. The summed E-state index contributed by atoms with van der Waals surface area (Å²) in [5.74, 6) is -0.386. The molecule has 1 fully saturated rings. The van der Waals surface area contributed by atoms with Crippen LogP contribution in [-0.4, -0.2) is 40.8 Å². The van der Waals surface area contributed by atoms with Crippen LogP contribution < -0.4 is 10.6 Å². The summed E-state index contributed by atoms with van der Waals surface area (Å²) in [5.41, 5.74) is 6.65. The monoisotopic (exact) mass is 487 g/mol. The number of amides is 2. The van der Waals surface area contributed by atoms with E-state index in [1.165, 1.54) is 0 Å². The van der Waals surface area contributed by atoms with Gasteiger partial charge < -0.3 is 15.5 Å². The second-order valence-corrected chi connectivity index (χ2v) is 9.34. The maximum atomic E-state index is 13.2. The number of carbonyl (C=O) groups is 2. The van der Waals surface area contributed by atoms with Crippen molar-refractivity contribution in [3.8, 4) is 11.1 Å². The Hall–Kier alpha value is -4.26. The van der Waals surface area contributed by atoms with Crippen LogP contribution in [0.3, 0.4) is 0 Å². The van der Waals surface area contributed by atoms with Crippen molar-refractivity contribution >= 4 is 28.8 Å². The minimum atomic E-state index is -0.271. The van der Waals surface area contributed by atoms with Gasteiger partial charge in [0.2, 0.25) is 5.91 Å². The molecule has 190 valence electrons. The fourth-order valence-electron chi connectivity index (χ4n) is 4.33. The zero-order valence-corrected chi connectivity index (χ0v) is 21.0. The summed E-state index contributed by atoms with van der Waals surface area (Å²) in [7, 11) is 3.88. The molecule has 0 aromatic carbocycles. The van der Waals surface area contributed by atoms with E-state index in [0.717, 1.165) is 40.8 Å². The number of hydrogen-bond acceptors (Lipinski definition) is 5. The van der Waals surface area contributed by atoms with Gasteiger partial charge in [0.05, 0.1) is 29.0 Å². The van der Waals surface area contributed by atoms with Crippen molar-refractivity contribution in [2.24, 2.45) is 5.92 Å². The molecule has 4 rings (SSSR count). The van der Waals surface area contributed by atoms with E-state index in [1.807, 2.05) is 50.3 Å².